The first-order valence-corrected chi connectivity index (χ1v) is 9.55. The lowest BCUT2D eigenvalue weighted by atomic mass is 9.90. The maximum Gasteiger partial charge on any atom is 0.0514 e. The Morgan fingerprint density at radius 2 is 1.95 bits per heavy atom. The van der Waals surface area contributed by atoms with Crippen molar-refractivity contribution < 1.29 is 0 Å². The third-order valence-corrected chi connectivity index (χ3v) is 7.31. The Kier molecular flexibility index (Phi) is 4.42. The summed E-state index contributed by atoms with van der Waals surface area (Å²) < 4.78 is 1.19. The number of benzene rings is 1. The molecule has 1 heterocycles. The van der Waals surface area contributed by atoms with E-state index >= 15 is 0 Å². The van der Waals surface area contributed by atoms with E-state index in [0.29, 0.717) is 0 Å². The van der Waals surface area contributed by atoms with Gasteiger partial charge < -0.3 is 5.32 Å². The summed E-state index contributed by atoms with van der Waals surface area (Å²) in [5, 5.41) is 6.81. The number of hydrogen-bond donors (Lipinski definition) is 1. The molecule has 1 saturated carbocycles. The van der Waals surface area contributed by atoms with Crippen LogP contribution in [0.3, 0.4) is 0 Å². The van der Waals surface area contributed by atoms with Crippen LogP contribution in [0.25, 0.3) is 0 Å². The SMILES string of the molecule is Cc1cc(C)c(NCC2C(C)C(C)C3C=CSC32)c(Br)c1. The zero-order valence-electron chi connectivity index (χ0n) is 13.2. The van der Waals surface area contributed by atoms with Crippen molar-refractivity contribution in [1.82, 2.24) is 0 Å². The van der Waals surface area contributed by atoms with Crippen LogP contribution < -0.4 is 5.32 Å². The van der Waals surface area contributed by atoms with Gasteiger partial charge in [-0.3, -0.25) is 0 Å². The van der Waals surface area contributed by atoms with Gasteiger partial charge in [-0.1, -0.05) is 26.0 Å². The molecule has 1 nitrogen and oxygen atoms in total. The zero-order valence-corrected chi connectivity index (χ0v) is 15.6. The first-order valence-electron chi connectivity index (χ1n) is 7.81. The topological polar surface area (TPSA) is 12.0 Å². The fourth-order valence-electron chi connectivity index (χ4n) is 3.99. The Morgan fingerprint density at radius 3 is 2.67 bits per heavy atom. The van der Waals surface area contributed by atoms with Gasteiger partial charge in [-0.2, -0.15) is 0 Å². The van der Waals surface area contributed by atoms with E-state index < -0.39 is 0 Å². The summed E-state index contributed by atoms with van der Waals surface area (Å²) >= 11 is 5.75. The molecular weight excluding hydrogens is 342 g/mol. The van der Waals surface area contributed by atoms with Crippen LogP contribution in [0.15, 0.2) is 28.1 Å². The van der Waals surface area contributed by atoms with E-state index in [4.69, 9.17) is 0 Å². The fourth-order valence-corrected chi connectivity index (χ4v) is 6.32. The van der Waals surface area contributed by atoms with Gasteiger partial charge in [-0.05, 0) is 76.1 Å². The highest BCUT2D eigenvalue weighted by Gasteiger charge is 2.46. The average Bonchev–Trinajstić information content (AvgIpc) is 2.96. The lowest BCUT2D eigenvalue weighted by Gasteiger charge is -2.24. The smallest absolute Gasteiger partial charge is 0.0514 e. The molecule has 0 aromatic heterocycles. The molecule has 1 aromatic rings. The molecule has 0 amide bonds. The van der Waals surface area contributed by atoms with Gasteiger partial charge in [0.1, 0.15) is 0 Å². The molecule has 5 unspecified atom stereocenters. The molecular formula is C18H24BrNS. The maximum atomic E-state index is 3.73. The summed E-state index contributed by atoms with van der Waals surface area (Å²) in [7, 11) is 0. The third kappa shape index (κ3) is 2.79. The number of hydrogen-bond acceptors (Lipinski definition) is 2. The molecule has 1 aliphatic carbocycles. The van der Waals surface area contributed by atoms with Gasteiger partial charge in [0.2, 0.25) is 0 Å². The molecule has 0 radical (unpaired) electrons. The molecule has 21 heavy (non-hydrogen) atoms. The predicted molar refractivity (Wildman–Crippen MR) is 97.9 cm³/mol. The molecule has 1 N–H and O–H groups in total. The second kappa shape index (κ2) is 6.00. The normalized spacial score (nSPS) is 34.2. The number of allylic oxidation sites excluding steroid dienone is 1. The Morgan fingerprint density at radius 1 is 1.19 bits per heavy atom. The molecule has 1 fully saturated rings. The van der Waals surface area contributed by atoms with E-state index in [9.17, 15) is 0 Å². The first-order chi connectivity index (χ1) is 9.99. The largest absolute Gasteiger partial charge is 0.384 e. The Labute approximate surface area is 141 Å². The van der Waals surface area contributed by atoms with Crippen LogP contribution in [0.4, 0.5) is 5.69 Å². The van der Waals surface area contributed by atoms with Gasteiger partial charge in [0.05, 0.1) is 5.69 Å². The van der Waals surface area contributed by atoms with Crippen molar-refractivity contribution in [3.8, 4) is 0 Å². The minimum Gasteiger partial charge on any atom is -0.384 e. The van der Waals surface area contributed by atoms with Crippen molar-refractivity contribution in [2.75, 3.05) is 11.9 Å². The van der Waals surface area contributed by atoms with Crippen LogP contribution in [0.1, 0.15) is 25.0 Å². The van der Waals surface area contributed by atoms with Gasteiger partial charge in [0, 0.05) is 16.3 Å². The molecule has 3 rings (SSSR count). The van der Waals surface area contributed by atoms with E-state index in [0.717, 1.165) is 35.5 Å². The second-order valence-electron chi connectivity index (χ2n) is 6.71. The van der Waals surface area contributed by atoms with Crippen molar-refractivity contribution in [1.29, 1.82) is 0 Å². The molecule has 2 aliphatic rings. The summed E-state index contributed by atoms with van der Waals surface area (Å²) in [6.07, 6.45) is 2.43. The number of halogens is 1. The molecule has 5 atom stereocenters. The second-order valence-corrected chi connectivity index (χ2v) is 8.65. The summed E-state index contributed by atoms with van der Waals surface area (Å²) in [6.45, 7) is 10.3. The zero-order chi connectivity index (χ0) is 15.1. The standard InChI is InChI=1S/C18H24BrNS/c1-10-7-11(2)17(16(19)8-10)20-9-15-13(4)12(3)14-5-6-21-18(14)15/h5-8,12-15,18,20H,9H2,1-4H3. The van der Waals surface area contributed by atoms with Crippen LogP contribution >= 0.6 is 27.7 Å². The quantitative estimate of drug-likeness (QED) is 0.745. The molecule has 0 bridgehead atoms. The minimum atomic E-state index is 0.748. The summed E-state index contributed by atoms with van der Waals surface area (Å²) in [4.78, 5) is 0. The van der Waals surface area contributed by atoms with E-state index in [1.165, 1.54) is 21.3 Å². The van der Waals surface area contributed by atoms with Crippen molar-refractivity contribution >= 4 is 33.4 Å². The number of thioether (sulfide) groups is 1. The fraction of sp³-hybridized carbons (Fsp3) is 0.556. The first kappa shape index (κ1) is 15.5. The van der Waals surface area contributed by atoms with Gasteiger partial charge in [0.15, 0.2) is 0 Å². The highest BCUT2D eigenvalue weighted by Crippen LogP contribution is 2.51. The third-order valence-electron chi connectivity index (χ3n) is 5.40. The van der Waals surface area contributed by atoms with E-state index in [2.05, 4.69) is 72.6 Å². The van der Waals surface area contributed by atoms with Crippen LogP contribution in [-0.4, -0.2) is 11.8 Å². The molecule has 114 valence electrons. The molecule has 3 heteroatoms. The summed E-state index contributed by atoms with van der Waals surface area (Å²) in [6, 6.07) is 4.45. The van der Waals surface area contributed by atoms with Crippen molar-refractivity contribution in [2.24, 2.45) is 23.7 Å². The molecule has 0 spiro atoms. The number of rotatable bonds is 3. The molecule has 1 aromatic carbocycles. The monoisotopic (exact) mass is 365 g/mol. The maximum absolute atomic E-state index is 3.73. The van der Waals surface area contributed by atoms with E-state index in [1.54, 1.807) is 0 Å². The van der Waals surface area contributed by atoms with Crippen LogP contribution in [0.5, 0.6) is 0 Å². The highest BCUT2D eigenvalue weighted by atomic mass is 79.9. The lowest BCUT2D eigenvalue weighted by molar-refractivity contribution is 0.357. The molecule has 1 aliphatic heterocycles. The summed E-state index contributed by atoms with van der Waals surface area (Å²) in [5.41, 5.74) is 3.90. The Bertz CT molecular complexity index is 545. The number of anilines is 1. The van der Waals surface area contributed by atoms with Crippen LogP contribution in [0, 0.1) is 37.5 Å². The average molecular weight is 366 g/mol. The van der Waals surface area contributed by atoms with Crippen molar-refractivity contribution in [3.63, 3.8) is 0 Å². The number of fused-ring (bicyclic) bond motifs is 1. The van der Waals surface area contributed by atoms with Gasteiger partial charge in [-0.15, -0.1) is 11.8 Å². The molecule has 0 saturated heterocycles. The van der Waals surface area contributed by atoms with E-state index in [1.807, 2.05) is 11.8 Å². The highest BCUT2D eigenvalue weighted by molar-refractivity contribution is 9.10. The van der Waals surface area contributed by atoms with Crippen molar-refractivity contribution in [2.45, 2.75) is 32.9 Å². The Hall–Kier alpha value is -0.410. The lowest BCUT2D eigenvalue weighted by Crippen LogP contribution is -2.25. The predicted octanol–water partition coefficient (Wildman–Crippen LogP) is 5.63. The van der Waals surface area contributed by atoms with Crippen LogP contribution in [-0.2, 0) is 0 Å². The summed E-state index contributed by atoms with van der Waals surface area (Å²) in [5.74, 6) is 3.11. The van der Waals surface area contributed by atoms with Gasteiger partial charge in [-0.25, -0.2) is 0 Å². The van der Waals surface area contributed by atoms with E-state index in [-0.39, 0.29) is 0 Å². The number of nitrogens with one attached hydrogen (secondary N) is 1. The number of aryl methyl sites for hydroxylation is 2. The Balaban J connectivity index is 1.74. The minimum absolute atomic E-state index is 0.748. The van der Waals surface area contributed by atoms with Crippen LogP contribution in [0.2, 0.25) is 0 Å². The van der Waals surface area contributed by atoms with Crippen molar-refractivity contribution in [3.05, 3.63) is 39.2 Å². The van der Waals surface area contributed by atoms with Gasteiger partial charge >= 0.3 is 0 Å². The van der Waals surface area contributed by atoms with Gasteiger partial charge in [0.25, 0.3) is 0 Å².